The first kappa shape index (κ1) is 13.0. The number of aryl methyl sites for hydroxylation is 1. The second-order valence-corrected chi connectivity index (χ2v) is 7.61. The molecule has 3 unspecified atom stereocenters. The summed E-state index contributed by atoms with van der Waals surface area (Å²) in [6, 6.07) is 0.414. The molecule has 3 atom stereocenters. The largest absolute Gasteiger partial charge is 0.357 e. The highest BCUT2D eigenvalue weighted by atomic mass is 32.2. The van der Waals surface area contributed by atoms with Crippen molar-refractivity contribution in [1.29, 1.82) is 0 Å². The molecular weight excluding hydrogens is 254 g/mol. The number of nitrogens with zero attached hydrogens (tertiary/aromatic N) is 2. The lowest BCUT2D eigenvalue weighted by molar-refractivity contribution is 0.465. The highest BCUT2D eigenvalue weighted by Gasteiger charge is 2.25. The maximum absolute atomic E-state index is 11.8. The monoisotopic (exact) mass is 273 g/mol. The van der Waals surface area contributed by atoms with Crippen molar-refractivity contribution < 1.29 is 4.21 Å². The Balaban J connectivity index is 1.91. The maximum atomic E-state index is 11.8. The molecule has 1 saturated carbocycles. The van der Waals surface area contributed by atoms with E-state index in [9.17, 15) is 4.21 Å². The first-order valence-electron chi connectivity index (χ1n) is 6.13. The van der Waals surface area contributed by atoms with Gasteiger partial charge in [0, 0.05) is 27.8 Å². The first-order valence-corrected chi connectivity index (χ1v) is 8.32. The Hall–Kier alpha value is -0.490. The SMILES string of the molecule is CCS(=O)C1CCCC(Nc2nnc(C)s2)C1. The number of hydrogen-bond donors (Lipinski definition) is 1. The number of nitrogens with one attached hydrogen (secondary N) is 1. The zero-order valence-corrected chi connectivity index (χ0v) is 11.9. The van der Waals surface area contributed by atoms with Crippen LogP contribution in [0.4, 0.5) is 5.13 Å². The van der Waals surface area contributed by atoms with E-state index in [1.807, 2.05) is 13.8 Å². The van der Waals surface area contributed by atoms with Crippen LogP contribution in [-0.4, -0.2) is 31.5 Å². The summed E-state index contributed by atoms with van der Waals surface area (Å²) in [5, 5.41) is 13.7. The lowest BCUT2D eigenvalue weighted by Gasteiger charge is -2.28. The average Bonchev–Trinajstić information content (AvgIpc) is 2.74. The van der Waals surface area contributed by atoms with Gasteiger partial charge in [0.05, 0.1) is 0 Å². The third-order valence-corrected chi connectivity index (χ3v) is 5.65. The molecule has 17 heavy (non-hydrogen) atoms. The fourth-order valence-corrected chi connectivity index (χ4v) is 4.30. The van der Waals surface area contributed by atoms with Crippen LogP contribution in [0.2, 0.25) is 0 Å². The Morgan fingerprint density at radius 2 is 2.29 bits per heavy atom. The van der Waals surface area contributed by atoms with E-state index < -0.39 is 10.8 Å². The zero-order chi connectivity index (χ0) is 12.3. The fraction of sp³-hybridized carbons (Fsp3) is 0.818. The fourth-order valence-electron chi connectivity index (χ4n) is 2.28. The molecule has 1 N–H and O–H groups in total. The van der Waals surface area contributed by atoms with Gasteiger partial charge in [-0.15, -0.1) is 10.2 Å². The number of anilines is 1. The Morgan fingerprint density at radius 3 is 2.94 bits per heavy atom. The van der Waals surface area contributed by atoms with Gasteiger partial charge >= 0.3 is 0 Å². The standard InChI is InChI=1S/C11H19N3OS2/c1-3-17(15)10-6-4-5-9(7-10)12-11-14-13-8(2)16-11/h9-10H,3-7H2,1-2H3,(H,12,14). The quantitative estimate of drug-likeness (QED) is 0.915. The van der Waals surface area contributed by atoms with Crippen molar-refractivity contribution >= 4 is 27.3 Å². The molecule has 2 rings (SSSR count). The topological polar surface area (TPSA) is 54.9 Å². The van der Waals surface area contributed by atoms with Gasteiger partial charge in [-0.1, -0.05) is 24.7 Å². The molecule has 1 fully saturated rings. The summed E-state index contributed by atoms with van der Waals surface area (Å²) in [6.07, 6.45) is 4.41. The van der Waals surface area contributed by atoms with Crippen LogP contribution < -0.4 is 5.32 Å². The molecule has 6 heteroatoms. The third kappa shape index (κ3) is 3.48. The molecule has 1 aromatic heterocycles. The highest BCUT2D eigenvalue weighted by Crippen LogP contribution is 2.26. The van der Waals surface area contributed by atoms with Crippen LogP contribution in [0.1, 0.15) is 37.6 Å². The van der Waals surface area contributed by atoms with E-state index in [0.717, 1.165) is 41.6 Å². The molecule has 96 valence electrons. The molecule has 1 aliphatic carbocycles. The molecule has 0 radical (unpaired) electrons. The highest BCUT2D eigenvalue weighted by molar-refractivity contribution is 7.85. The minimum Gasteiger partial charge on any atom is -0.357 e. The molecule has 1 aromatic rings. The van der Waals surface area contributed by atoms with Gasteiger partial charge in [0.15, 0.2) is 0 Å². The summed E-state index contributed by atoms with van der Waals surface area (Å²) in [6.45, 7) is 3.96. The predicted molar refractivity (Wildman–Crippen MR) is 73.0 cm³/mol. The minimum absolute atomic E-state index is 0.361. The second kappa shape index (κ2) is 5.91. The first-order chi connectivity index (χ1) is 8.19. The molecule has 0 aliphatic heterocycles. The van der Waals surface area contributed by atoms with Crippen molar-refractivity contribution in [3.63, 3.8) is 0 Å². The Kier molecular flexibility index (Phi) is 4.50. The lowest BCUT2D eigenvalue weighted by atomic mass is 9.95. The Labute approximate surface area is 109 Å². The van der Waals surface area contributed by atoms with E-state index >= 15 is 0 Å². The molecule has 0 saturated heterocycles. The summed E-state index contributed by atoms with van der Waals surface area (Å²) in [5.74, 6) is 0.773. The van der Waals surface area contributed by atoms with Crippen molar-refractivity contribution in [2.75, 3.05) is 11.1 Å². The molecular formula is C11H19N3OS2. The van der Waals surface area contributed by atoms with Crippen LogP contribution >= 0.6 is 11.3 Å². The van der Waals surface area contributed by atoms with Crippen molar-refractivity contribution in [1.82, 2.24) is 10.2 Å². The van der Waals surface area contributed by atoms with E-state index in [-0.39, 0.29) is 0 Å². The van der Waals surface area contributed by atoms with E-state index in [4.69, 9.17) is 0 Å². The van der Waals surface area contributed by atoms with Crippen LogP contribution in [0.5, 0.6) is 0 Å². The summed E-state index contributed by atoms with van der Waals surface area (Å²) in [7, 11) is -0.660. The lowest BCUT2D eigenvalue weighted by Crippen LogP contribution is -2.32. The molecule has 1 heterocycles. The van der Waals surface area contributed by atoms with Crippen LogP contribution in [0, 0.1) is 6.92 Å². The van der Waals surface area contributed by atoms with Gasteiger partial charge in [-0.25, -0.2) is 0 Å². The summed E-state index contributed by atoms with van der Waals surface area (Å²) in [5.41, 5.74) is 0. The normalized spacial score (nSPS) is 26.7. The molecule has 4 nitrogen and oxygen atoms in total. The van der Waals surface area contributed by atoms with Crippen LogP contribution in [-0.2, 0) is 10.8 Å². The maximum Gasteiger partial charge on any atom is 0.205 e. The van der Waals surface area contributed by atoms with Gasteiger partial charge in [0.25, 0.3) is 0 Å². The van der Waals surface area contributed by atoms with Crippen molar-refractivity contribution in [2.45, 2.75) is 50.8 Å². The molecule has 0 amide bonds. The third-order valence-electron chi connectivity index (χ3n) is 3.14. The summed E-state index contributed by atoms with van der Waals surface area (Å²) >= 11 is 1.59. The van der Waals surface area contributed by atoms with Gasteiger partial charge in [0.1, 0.15) is 5.01 Å². The van der Waals surface area contributed by atoms with Crippen LogP contribution in [0.3, 0.4) is 0 Å². The van der Waals surface area contributed by atoms with Gasteiger partial charge in [0.2, 0.25) is 5.13 Å². The van der Waals surface area contributed by atoms with Crippen molar-refractivity contribution in [3.8, 4) is 0 Å². The van der Waals surface area contributed by atoms with Crippen LogP contribution in [0.15, 0.2) is 0 Å². The number of rotatable bonds is 4. The smallest absolute Gasteiger partial charge is 0.205 e. The second-order valence-electron chi connectivity index (χ2n) is 4.43. The Bertz CT molecular complexity index is 394. The van der Waals surface area contributed by atoms with Gasteiger partial charge in [-0.3, -0.25) is 4.21 Å². The van der Waals surface area contributed by atoms with Gasteiger partial charge in [-0.05, 0) is 26.2 Å². The van der Waals surface area contributed by atoms with E-state index in [2.05, 4.69) is 15.5 Å². The Morgan fingerprint density at radius 1 is 1.47 bits per heavy atom. The van der Waals surface area contributed by atoms with Crippen molar-refractivity contribution in [3.05, 3.63) is 5.01 Å². The van der Waals surface area contributed by atoms with E-state index in [1.54, 1.807) is 11.3 Å². The zero-order valence-electron chi connectivity index (χ0n) is 10.3. The van der Waals surface area contributed by atoms with Crippen molar-refractivity contribution in [2.24, 2.45) is 0 Å². The summed E-state index contributed by atoms with van der Waals surface area (Å²) < 4.78 is 11.8. The molecule has 0 aromatic carbocycles. The molecule has 0 spiro atoms. The average molecular weight is 273 g/mol. The van der Waals surface area contributed by atoms with E-state index in [1.165, 1.54) is 0 Å². The van der Waals surface area contributed by atoms with Crippen LogP contribution in [0.25, 0.3) is 0 Å². The van der Waals surface area contributed by atoms with Gasteiger partial charge in [-0.2, -0.15) is 0 Å². The van der Waals surface area contributed by atoms with E-state index in [0.29, 0.717) is 11.3 Å². The number of hydrogen-bond acceptors (Lipinski definition) is 5. The number of aromatic nitrogens is 2. The van der Waals surface area contributed by atoms with Gasteiger partial charge < -0.3 is 5.32 Å². The minimum atomic E-state index is -0.660. The summed E-state index contributed by atoms with van der Waals surface area (Å²) in [4.78, 5) is 0. The molecule has 0 bridgehead atoms. The predicted octanol–water partition coefficient (Wildman–Crippen LogP) is 2.34. The molecule has 1 aliphatic rings.